The Morgan fingerprint density at radius 1 is 1.06 bits per heavy atom. The Bertz CT molecular complexity index is 1020. The van der Waals surface area contributed by atoms with Crippen molar-refractivity contribution in [2.75, 3.05) is 31.1 Å². The first kappa shape index (κ1) is 22.9. The van der Waals surface area contributed by atoms with E-state index in [2.05, 4.69) is 79.8 Å². The van der Waals surface area contributed by atoms with Gasteiger partial charge in [0, 0.05) is 37.6 Å². The summed E-state index contributed by atoms with van der Waals surface area (Å²) in [6.07, 6.45) is 20.5. The van der Waals surface area contributed by atoms with Gasteiger partial charge >= 0.3 is 0 Å². The lowest BCUT2D eigenvalue weighted by molar-refractivity contribution is 0.0930. The first-order valence-electron chi connectivity index (χ1n) is 11.6. The summed E-state index contributed by atoms with van der Waals surface area (Å²) in [5.41, 5.74) is 0.977. The number of allylic oxidation sites excluding steroid dienone is 1. The Balaban J connectivity index is 0.00000132. The molecule has 31 heavy (non-hydrogen) atoms. The van der Waals surface area contributed by atoms with E-state index < -0.39 is 0 Å². The molecule has 166 valence electrons. The molecule has 4 nitrogen and oxygen atoms in total. The molecule has 0 bridgehead atoms. The summed E-state index contributed by atoms with van der Waals surface area (Å²) in [7, 11) is 0. The zero-order valence-corrected chi connectivity index (χ0v) is 19.3. The third-order valence-corrected chi connectivity index (χ3v) is 5.95. The number of benzene rings is 1. The Morgan fingerprint density at radius 2 is 1.84 bits per heavy atom. The number of hydrogen-bond acceptors (Lipinski definition) is 4. The minimum Gasteiger partial charge on any atom is -0.472 e. The van der Waals surface area contributed by atoms with Gasteiger partial charge in [0.1, 0.15) is 11.7 Å². The van der Waals surface area contributed by atoms with E-state index in [1.54, 1.807) is 0 Å². The second-order valence-electron chi connectivity index (χ2n) is 8.20. The fourth-order valence-corrected chi connectivity index (χ4v) is 4.31. The van der Waals surface area contributed by atoms with E-state index in [0.29, 0.717) is 0 Å². The first-order chi connectivity index (χ1) is 15.2. The molecule has 2 aliphatic heterocycles. The van der Waals surface area contributed by atoms with E-state index in [0.717, 1.165) is 50.0 Å². The maximum absolute atomic E-state index is 6.36. The van der Waals surface area contributed by atoms with Crippen molar-refractivity contribution in [3.63, 3.8) is 0 Å². The third-order valence-electron chi connectivity index (χ3n) is 5.95. The molecule has 0 amide bonds. The summed E-state index contributed by atoms with van der Waals surface area (Å²) in [6.45, 7) is 10.8. The zero-order valence-electron chi connectivity index (χ0n) is 19.3. The molecule has 1 atom stereocenters. The predicted octanol–water partition coefficient (Wildman–Crippen LogP) is 4.62. The molecule has 1 aromatic carbocycles. The monoisotopic (exact) mass is 420 g/mol. The second kappa shape index (κ2) is 11.0. The molecule has 4 rings (SSSR count). The van der Waals surface area contributed by atoms with Crippen molar-refractivity contribution in [3.8, 4) is 12.8 Å². The molecule has 0 spiro atoms. The van der Waals surface area contributed by atoms with Crippen LogP contribution >= 0.6 is 0 Å². The van der Waals surface area contributed by atoms with Crippen LogP contribution in [-0.4, -0.2) is 37.2 Å². The molecule has 0 N–H and O–H groups in total. The van der Waals surface area contributed by atoms with Gasteiger partial charge in [0.2, 0.25) is 0 Å². The summed E-state index contributed by atoms with van der Waals surface area (Å²) in [6, 6.07) is 6.64. The molecule has 1 unspecified atom stereocenters. The SMILES string of the molecule is C#C.CCCCN(CC)/C1=C/C/C=c2/cc3oc(N4CCCC4)cc3c/c2=C/C(C)O1. The summed E-state index contributed by atoms with van der Waals surface area (Å²) >= 11 is 0. The van der Waals surface area contributed by atoms with E-state index in [4.69, 9.17) is 9.15 Å². The number of furan rings is 1. The number of nitrogens with zero attached hydrogens (tertiary/aromatic N) is 2. The second-order valence-corrected chi connectivity index (χ2v) is 8.20. The molecule has 4 heteroatoms. The molecule has 2 aliphatic rings. The maximum Gasteiger partial charge on any atom is 0.196 e. The summed E-state index contributed by atoms with van der Waals surface area (Å²) < 4.78 is 12.6. The quantitative estimate of drug-likeness (QED) is 0.638. The van der Waals surface area contributed by atoms with Crippen LogP contribution in [0.25, 0.3) is 23.1 Å². The molecule has 0 aliphatic carbocycles. The Morgan fingerprint density at radius 3 is 2.55 bits per heavy atom. The van der Waals surface area contributed by atoms with Crippen LogP contribution in [0, 0.1) is 12.8 Å². The number of ether oxygens (including phenoxy) is 1. The highest BCUT2D eigenvalue weighted by atomic mass is 16.5. The fourth-order valence-electron chi connectivity index (χ4n) is 4.31. The third kappa shape index (κ3) is 5.47. The maximum atomic E-state index is 6.36. The van der Waals surface area contributed by atoms with Crippen molar-refractivity contribution < 1.29 is 9.15 Å². The number of rotatable bonds is 6. The summed E-state index contributed by atoms with van der Waals surface area (Å²) in [5.74, 6) is 2.02. The van der Waals surface area contributed by atoms with Crippen molar-refractivity contribution in [2.45, 2.75) is 59.0 Å². The first-order valence-corrected chi connectivity index (χ1v) is 11.6. The minimum absolute atomic E-state index is 0.0181. The standard InChI is InChI=1S/C25H34N2O2.C2H2/c1-4-6-12-26(5-2)24-11-9-10-20-17-23-22(16-21(20)15-19(3)28-24)18-25(29-23)27-13-7-8-14-27;1-2/h10-11,15-19H,4-9,12-14H2,1-3H3;1-2H/b20-10-,21-15-,24-11-;. The van der Waals surface area contributed by atoms with Crippen LogP contribution in [0.2, 0.25) is 0 Å². The van der Waals surface area contributed by atoms with Crippen LogP contribution in [0.4, 0.5) is 5.88 Å². The average molecular weight is 421 g/mol. The highest BCUT2D eigenvalue weighted by molar-refractivity contribution is 5.81. The largest absolute Gasteiger partial charge is 0.472 e. The van der Waals surface area contributed by atoms with Gasteiger partial charge in [-0.2, -0.15) is 0 Å². The Kier molecular flexibility index (Phi) is 8.12. The predicted molar refractivity (Wildman–Crippen MR) is 131 cm³/mol. The lowest BCUT2D eigenvalue weighted by Crippen LogP contribution is -2.28. The van der Waals surface area contributed by atoms with Gasteiger partial charge in [0.05, 0.1) is 0 Å². The van der Waals surface area contributed by atoms with Crippen LogP contribution in [-0.2, 0) is 4.74 Å². The van der Waals surface area contributed by atoms with Gasteiger partial charge in [0.25, 0.3) is 0 Å². The van der Waals surface area contributed by atoms with Gasteiger partial charge in [-0.25, -0.2) is 0 Å². The molecule has 3 heterocycles. The van der Waals surface area contributed by atoms with Gasteiger partial charge in [0.15, 0.2) is 11.8 Å². The van der Waals surface area contributed by atoms with Gasteiger partial charge in [-0.15, -0.1) is 12.8 Å². The Hall–Kier alpha value is -2.80. The van der Waals surface area contributed by atoms with Crippen LogP contribution in [0.15, 0.2) is 34.6 Å². The van der Waals surface area contributed by atoms with Crippen molar-refractivity contribution in [3.05, 3.63) is 40.6 Å². The number of terminal acetylenes is 1. The van der Waals surface area contributed by atoms with Crippen molar-refractivity contribution in [2.24, 2.45) is 0 Å². The van der Waals surface area contributed by atoms with Crippen LogP contribution in [0.1, 0.15) is 52.9 Å². The number of fused-ring (bicyclic) bond motifs is 2. The lowest BCUT2D eigenvalue weighted by Gasteiger charge is -2.27. The van der Waals surface area contributed by atoms with Crippen molar-refractivity contribution in [1.82, 2.24) is 4.90 Å². The zero-order chi connectivity index (χ0) is 22.2. The molecule has 1 fully saturated rings. The van der Waals surface area contributed by atoms with Crippen LogP contribution in [0.5, 0.6) is 0 Å². The van der Waals surface area contributed by atoms with Crippen LogP contribution in [0.3, 0.4) is 0 Å². The van der Waals surface area contributed by atoms with Crippen LogP contribution < -0.4 is 15.3 Å². The van der Waals surface area contributed by atoms with E-state index >= 15 is 0 Å². The van der Waals surface area contributed by atoms with E-state index in [9.17, 15) is 0 Å². The number of anilines is 1. The highest BCUT2D eigenvalue weighted by Crippen LogP contribution is 2.27. The van der Waals surface area contributed by atoms with E-state index in [-0.39, 0.29) is 6.10 Å². The summed E-state index contributed by atoms with van der Waals surface area (Å²) in [5, 5.41) is 3.63. The number of hydrogen-bond donors (Lipinski definition) is 0. The molecular formula is C27H36N2O2. The minimum atomic E-state index is 0.0181. The number of unbranched alkanes of at least 4 members (excludes halogenated alkanes) is 1. The fraction of sp³-hybridized carbons (Fsp3) is 0.481. The van der Waals surface area contributed by atoms with E-state index in [1.807, 2.05) is 0 Å². The molecular weight excluding hydrogens is 384 g/mol. The molecule has 2 aromatic rings. The van der Waals surface area contributed by atoms with Crippen molar-refractivity contribution in [1.29, 1.82) is 0 Å². The van der Waals surface area contributed by atoms with E-state index in [1.165, 1.54) is 41.5 Å². The van der Waals surface area contributed by atoms with Gasteiger partial charge in [-0.1, -0.05) is 19.4 Å². The van der Waals surface area contributed by atoms with Gasteiger partial charge in [-0.3, -0.25) is 0 Å². The topological polar surface area (TPSA) is 28.9 Å². The average Bonchev–Trinajstić information content (AvgIpc) is 3.45. The van der Waals surface area contributed by atoms with Gasteiger partial charge in [-0.05, 0) is 74.3 Å². The Labute approximate surface area is 186 Å². The smallest absolute Gasteiger partial charge is 0.196 e. The highest BCUT2D eigenvalue weighted by Gasteiger charge is 2.17. The van der Waals surface area contributed by atoms with Crippen molar-refractivity contribution >= 4 is 29.0 Å². The summed E-state index contributed by atoms with van der Waals surface area (Å²) in [4.78, 5) is 4.71. The molecule has 1 aromatic heterocycles. The normalized spacial score (nSPS) is 22.0. The molecule has 0 radical (unpaired) electrons. The molecule has 0 saturated carbocycles. The lowest BCUT2D eigenvalue weighted by atomic mass is 10.1. The van der Waals surface area contributed by atoms with Gasteiger partial charge < -0.3 is 19.0 Å². The molecule has 1 saturated heterocycles.